The van der Waals surface area contributed by atoms with Gasteiger partial charge in [-0.25, -0.2) is 0 Å². The van der Waals surface area contributed by atoms with E-state index in [2.05, 4.69) is 6.92 Å². The van der Waals surface area contributed by atoms with Crippen LogP contribution in [0, 0.1) is 0 Å². The monoisotopic (exact) mass is 212 g/mol. The van der Waals surface area contributed by atoms with Crippen LogP contribution >= 0.6 is 0 Å². The SMILES string of the molecule is CCCCCC(=O)CCC(=O)CCC=O. The first kappa shape index (κ1) is 14.0. The molecule has 86 valence electrons. The molecule has 0 N–H and O–H groups in total. The van der Waals surface area contributed by atoms with Crippen molar-refractivity contribution in [1.29, 1.82) is 0 Å². The third-order valence-corrected chi connectivity index (χ3v) is 2.28. The van der Waals surface area contributed by atoms with E-state index in [9.17, 15) is 14.4 Å². The van der Waals surface area contributed by atoms with Gasteiger partial charge in [0.25, 0.3) is 0 Å². The van der Waals surface area contributed by atoms with Crippen LogP contribution in [0.15, 0.2) is 0 Å². The predicted molar refractivity (Wildman–Crippen MR) is 58.7 cm³/mol. The Bertz CT molecular complexity index is 209. The maximum absolute atomic E-state index is 11.3. The van der Waals surface area contributed by atoms with Crippen LogP contribution in [-0.2, 0) is 14.4 Å². The fraction of sp³-hybridized carbons (Fsp3) is 0.750. The molecule has 0 atom stereocenters. The number of ketones is 2. The molecule has 0 saturated carbocycles. The van der Waals surface area contributed by atoms with Crippen LogP contribution < -0.4 is 0 Å². The molecule has 15 heavy (non-hydrogen) atoms. The van der Waals surface area contributed by atoms with E-state index in [1.54, 1.807) is 0 Å². The maximum Gasteiger partial charge on any atom is 0.133 e. The van der Waals surface area contributed by atoms with Crippen molar-refractivity contribution in [2.24, 2.45) is 0 Å². The van der Waals surface area contributed by atoms with E-state index < -0.39 is 0 Å². The molecule has 0 aromatic heterocycles. The molecule has 0 radical (unpaired) electrons. The van der Waals surface area contributed by atoms with Gasteiger partial charge in [-0.1, -0.05) is 19.8 Å². The van der Waals surface area contributed by atoms with E-state index in [0.29, 0.717) is 19.3 Å². The lowest BCUT2D eigenvalue weighted by atomic mass is 10.0. The molecule has 0 aromatic carbocycles. The van der Waals surface area contributed by atoms with Crippen LogP contribution in [-0.4, -0.2) is 17.9 Å². The lowest BCUT2D eigenvalue weighted by Crippen LogP contribution is -2.04. The Kier molecular flexibility index (Phi) is 8.93. The van der Waals surface area contributed by atoms with Crippen molar-refractivity contribution >= 4 is 17.9 Å². The summed E-state index contributed by atoms with van der Waals surface area (Å²) in [5.74, 6) is 0.189. The Morgan fingerprint density at radius 2 is 1.53 bits per heavy atom. The zero-order valence-electron chi connectivity index (χ0n) is 9.46. The van der Waals surface area contributed by atoms with Crippen molar-refractivity contribution in [2.75, 3.05) is 0 Å². The molecule has 0 fully saturated rings. The summed E-state index contributed by atoms with van der Waals surface area (Å²) >= 11 is 0. The number of carbonyl (C=O) groups is 3. The average Bonchev–Trinajstić information content (AvgIpc) is 2.24. The topological polar surface area (TPSA) is 51.2 Å². The van der Waals surface area contributed by atoms with Crippen molar-refractivity contribution in [3.8, 4) is 0 Å². The van der Waals surface area contributed by atoms with Crippen molar-refractivity contribution in [3.63, 3.8) is 0 Å². The second kappa shape index (κ2) is 9.56. The summed E-state index contributed by atoms with van der Waals surface area (Å²) < 4.78 is 0. The number of carbonyl (C=O) groups excluding carboxylic acids is 3. The highest BCUT2D eigenvalue weighted by Gasteiger charge is 2.06. The van der Waals surface area contributed by atoms with E-state index in [1.807, 2.05) is 0 Å². The molecule has 0 aliphatic rings. The van der Waals surface area contributed by atoms with Crippen LogP contribution in [0.4, 0.5) is 0 Å². The molecule has 0 spiro atoms. The predicted octanol–water partition coefficient (Wildman–Crippen LogP) is 2.46. The van der Waals surface area contributed by atoms with Gasteiger partial charge in [-0.05, 0) is 6.42 Å². The number of hydrogen-bond donors (Lipinski definition) is 0. The molecule has 0 saturated heterocycles. The summed E-state index contributed by atoms with van der Waals surface area (Å²) in [6.07, 6.45) is 5.65. The first-order valence-electron chi connectivity index (χ1n) is 5.67. The molecule has 0 heterocycles. The lowest BCUT2D eigenvalue weighted by Gasteiger charge is -1.99. The fourth-order valence-corrected chi connectivity index (χ4v) is 1.32. The highest BCUT2D eigenvalue weighted by atomic mass is 16.1. The number of hydrogen-bond acceptors (Lipinski definition) is 3. The van der Waals surface area contributed by atoms with Gasteiger partial charge in [-0.2, -0.15) is 0 Å². The normalized spacial score (nSPS) is 9.93. The molecular weight excluding hydrogens is 192 g/mol. The van der Waals surface area contributed by atoms with Crippen LogP contribution in [0.2, 0.25) is 0 Å². The van der Waals surface area contributed by atoms with Gasteiger partial charge >= 0.3 is 0 Å². The maximum atomic E-state index is 11.3. The third-order valence-electron chi connectivity index (χ3n) is 2.28. The first-order valence-corrected chi connectivity index (χ1v) is 5.67. The summed E-state index contributed by atoms with van der Waals surface area (Å²) in [6.45, 7) is 2.09. The van der Waals surface area contributed by atoms with E-state index >= 15 is 0 Å². The first-order chi connectivity index (χ1) is 7.20. The minimum Gasteiger partial charge on any atom is -0.303 e. The largest absolute Gasteiger partial charge is 0.303 e. The molecule has 0 amide bonds. The zero-order valence-corrected chi connectivity index (χ0v) is 9.46. The molecule has 0 aliphatic heterocycles. The van der Waals surface area contributed by atoms with Gasteiger partial charge < -0.3 is 4.79 Å². The Labute approximate surface area is 91.2 Å². The van der Waals surface area contributed by atoms with Crippen molar-refractivity contribution in [2.45, 2.75) is 58.3 Å². The van der Waals surface area contributed by atoms with Gasteiger partial charge in [-0.3, -0.25) is 9.59 Å². The summed E-state index contributed by atoms with van der Waals surface area (Å²) in [5.41, 5.74) is 0. The Balaban J connectivity index is 3.44. The Morgan fingerprint density at radius 3 is 2.07 bits per heavy atom. The van der Waals surface area contributed by atoms with Crippen LogP contribution in [0.25, 0.3) is 0 Å². The molecule has 0 aromatic rings. The quantitative estimate of drug-likeness (QED) is 0.413. The summed E-state index contributed by atoms with van der Waals surface area (Å²) in [6, 6.07) is 0. The number of aldehydes is 1. The average molecular weight is 212 g/mol. The Hall–Kier alpha value is -0.990. The fourth-order valence-electron chi connectivity index (χ4n) is 1.32. The number of rotatable bonds is 10. The van der Waals surface area contributed by atoms with Gasteiger partial charge in [-0.15, -0.1) is 0 Å². The molecule has 3 heteroatoms. The molecule has 3 nitrogen and oxygen atoms in total. The summed E-state index contributed by atoms with van der Waals surface area (Å²) in [5, 5.41) is 0. The minimum atomic E-state index is 0.0194. The second-order valence-electron chi connectivity index (χ2n) is 3.74. The lowest BCUT2D eigenvalue weighted by molar-refractivity contribution is -0.124. The van der Waals surface area contributed by atoms with Crippen LogP contribution in [0.3, 0.4) is 0 Å². The Morgan fingerprint density at radius 1 is 0.933 bits per heavy atom. The van der Waals surface area contributed by atoms with Crippen molar-refractivity contribution in [1.82, 2.24) is 0 Å². The molecule has 0 aliphatic carbocycles. The van der Waals surface area contributed by atoms with Gasteiger partial charge in [0.15, 0.2) is 0 Å². The minimum absolute atomic E-state index is 0.0194. The standard InChI is InChI=1S/C12H20O3/c1-2-3-4-6-11(14)8-9-12(15)7-5-10-13/h10H,2-9H2,1H3. The van der Waals surface area contributed by atoms with Gasteiger partial charge in [0.2, 0.25) is 0 Å². The van der Waals surface area contributed by atoms with Gasteiger partial charge in [0, 0.05) is 32.1 Å². The van der Waals surface area contributed by atoms with Gasteiger partial charge in [0.1, 0.15) is 17.9 Å². The third kappa shape index (κ3) is 9.32. The second-order valence-corrected chi connectivity index (χ2v) is 3.74. The molecule has 0 bridgehead atoms. The van der Waals surface area contributed by atoms with Crippen LogP contribution in [0.5, 0.6) is 0 Å². The van der Waals surface area contributed by atoms with Crippen LogP contribution in [0.1, 0.15) is 58.3 Å². The highest BCUT2D eigenvalue weighted by molar-refractivity contribution is 5.86. The highest BCUT2D eigenvalue weighted by Crippen LogP contribution is 2.05. The molecular formula is C12H20O3. The number of unbranched alkanes of at least 4 members (excludes halogenated alkanes) is 2. The van der Waals surface area contributed by atoms with Crippen molar-refractivity contribution < 1.29 is 14.4 Å². The zero-order chi connectivity index (χ0) is 11.5. The van der Waals surface area contributed by atoms with E-state index in [-0.39, 0.29) is 24.4 Å². The smallest absolute Gasteiger partial charge is 0.133 e. The molecule has 0 unspecified atom stereocenters. The molecule has 0 rings (SSSR count). The van der Waals surface area contributed by atoms with E-state index in [1.165, 1.54) is 0 Å². The van der Waals surface area contributed by atoms with E-state index in [0.717, 1.165) is 25.5 Å². The summed E-state index contributed by atoms with van der Waals surface area (Å²) in [7, 11) is 0. The number of Topliss-reactive ketones (excluding diaryl/α,β-unsaturated/α-hetero) is 2. The summed E-state index contributed by atoms with van der Waals surface area (Å²) in [4.78, 5) is 32.4. The van der Waals surface area contributed by atoms with E-state index in [4.69, 9.17) is 0 Å². The van der Waals surface area contributed by atoms with Crippen molar-refractivity contribution in [3.05, 3.63) is 0 Å². The van der Waals surface area contributed by atoms with Gasteiger partial charge in [0.05, 0.1) is 0 Å².